The van der Waals surface area contributed by atoms with E-state index in [1.165, 1.54) is 0 Å². The molecule has 14 heavy (non-hydrogen) atoms. The van der Waals surface area contributed by atoms with Crippen LogP contribution < -0.4 is 5.32 Å². The third kappa shape index (κ3) is 3.63. The lowest BCUT2D eigenvalue weighted by atomic mass is 10.2. The molecular formula is C10H13ClINO. The Hall–Kier alpha value is -0.0000000000000000555. The fraction of sp³-hybridized carbons (Fsp3) is 0.400. The molecule has 0 saturated heterocycles. The number of anilines is 1. The zero-order chi connectivity index (χ0) is 10.6. The number of nitrogens with one attached hydrogen (secondary N) is 1. The van der Waals surface area contributed by atoms with Gasteiger partial charge in [-0.1, -0.05) is 18.5 Å². The SMILES string of the molecule is CCC(O)CNc1cc(I)ccc1Cl. The number of halogens is 2. The van der Waals surface area contributed by atoms with E-state index in [1.54, 1.807) is 0 Å². The van der Waals surface area contributed by atoms with Crippen LogP contribution in [-0.4, -0.2) is 17.8 Å². The van der Waals surface area contributed by atoms with Crippen molar-refractivity contribution >= 4 is 39.9 Å². The van der Waals surface area contributed by atoms with Gasteiger partial charge >= 0.3 is 0 Å². The largest absolute Gasteiger partial charge is 0.391 e. The van der Waals surface area contributed by atoms with E-state index in [0.717, 1.165) is 15.7 Å². The summed E-state index contributed by atoms with van der Waals surface area (Å²) < 4.78 is 1.13. The Morgan fingerprint density at radius 3 is 2.93 bits per heavy atom. The molecule has 0 aliphatic carbocycles. The molecule has 0 radical (unpaired) electrons. The molecule has 0 bridgehead atoms. The van der Waals surface area contributed by atoms with Crippen molar-refractivity contribution in [2.45, 2.75) is 19.4 Å². The van der Waals surface area contributed by atoms with Gasteiger partial charge in [0, 0.05) is 10.1 Å². The Bertz CT molecular complexity index is 306. The molecule has 1 aromatic carbocycles. The fourth-order valence-electron chi connectivity index (χ4n) is 1.01. The molecule has 0 aliphatic heterocycles. The fourth-order valence-corrected chi connectivity index (χ4v) is 1.68. The third-order valence-electron chi connectivity index (χ3n) is 1.93. The highest BCUT2D eigenvalue weighted by Crippen LogP contribution is 2.23. The molecule has 1 atom stereocenters. The van der Waals surface area contributed by atoms with Crippen molar-refractivity contribution in [2.75, 3.05) is 11.9 Å². The van der Waals surface area contributed by atoms with E-state index in [2.05, 4.69) is 27.9 Å². The molecular weight excluding hydrogens is 312 g/mol. The van der Waals surface area contributed by atoms with Gasteiger partial charge in [-0.25, -0.2) is 0 Å². The summed E-state index contributed by atoms with van der Waals surface area (Å²) in [5.74, 6) is 0. The van der Waals surface area contributed by atoms with Gasteiger partial charge < -0.3 is 10.4 Å². The van der Waals surface area contributed by atoms with Crippen molar-refractivity contribution in [3.05, 3.63) is 26.8 Å². The second-order valence-corrected chi connectivity index (χ2v) is 4.72. The van der Waals surface area contributed by atoms with Crippen molar-refractivity contribution in [1.82, 2.24) is 0 Å². The van der Waals surface area contributed by atoms with Crippen LogP contribution in [0.1, 0.15) is 13.3 Å². The van der Waals surface area contributed by atoms with Crippen LogP contribution >= 0.6 is 34.2 Å². The van der Waals surface area contributed by atoms with Crippen LogP contribution in [-0.2, 0) is 0 Å². The molecule has 0 aliphatic rings. The Kier molecular flexibility index (Phi) is 4.98. The highest BCUT2D eigenvalue weighted by atomic mass is 127. The highest BCUT2D eigenvalue weighted by molar-refractivity contribution is 14.1. The molecule has 0 spiro atoms. The minimum atomic E-state index is -0.316. The number of aliphatic hydroxyl groups excluding tert-OH is 1. The van der Waals surface area contributed by atoms with Crippen LogP contribution in [0.15, 0.2) is 18.2 Å². The maximum absolute atomic E-state index is 9.37. The highest BCUT2D eigenvalue weighted by Gasteiger charge is 2.03. The Morgan fingerprint density at radius 2 is 2.29 bits per heavy atom. The molecule has 4 heteroatoms. The maximum Gasteiger partial charge on any atom is 0.0709 e. The molecule has 0 saturated carbocycles. The molecule has 0 heterocycles. The van der Waals surface area contributed by atoms with Gasteiger partial charge in [-0.3, -0.25) is 0 Å². The summed E-state index contributed by atoms with van der Waals surface area (Å²) in [4.78, 5) is 0. The quantitative estimate of drug-likeness (QED) is 0.834. The van der Waals surface area contributed by atoms with Gasteiger partial charge in [0.05, 0.1) is 16.8 Å². The Labute approximate surface area is 103 Å². The van der Waals surface area contributed by atoms with Crippen LogP contribution in [0.5, 0.6) is 0 Å². The number of benzene rings is 1. The second kappa shape index (κ2) is 5.78. The average Bonchev–Trinajstić information content (AvgIpc) is 2.19. The van der Waals surface area contributed by atoms with E-state index in [-0.39, 0.29) is 6.10 Å². The van der Waals surface area contributed by atoms with Crippen molar-refractivity contribution in [3.8, 4) is 0 Å². The van der Waals surface area contributed by atoms with E-state index < -0.39 is 0 Å². The average molecular weight is 326 g/mol. The molecule has 78 valence electrons. The van der Waals surface area contributed by atoms with Gasteiger partial charge in [-0.15, -0.1) is 0 Å². The first-order valence-electron chi connectivity index (χ1n) is 4.50. The molecule has 2 N–H and O–H groups in total. The van der Waals surface area contributed by atoms with Crippen molar-refractivity contribution in [2.24, 2.45) is 0 Å². The molecule has 1 aromatic rings. The van der Waals surface area contributed by atoms with Crippen LogP contribution in [0, 0.1) is 3.57 Å². The van der Waals surface area contributed by atoms with Gasteiger partial charge in [0.25, 0.3) is 0 Å². The summed E-state index contributed by atoms with van der Waals surface area (Å²) >= 11 is 8.20. The minimum absolute atomic E-state index is 0.316. The lowest BCUT2D eigenvalue weighted by Gasteiger charge is -2.12. The first-order chi connectivity index (χ1) is 6.63. The second-order valence-electron chi connectivity index (χ2n) is 3.07. The van der Waals surface area contributed by atoms with Gasteiger partial charge in [0.2, 0.25) is 0 Å². The molecule has 0 fully saturated rings. The number of aliphatic hydroxyl groups is 1. The molecule has 0 aromatic heterocycles. The van der Waals surface area contributed by atoms with Crippen LogP contribution in [0.4, 0.5) is 5.69 Å². The van der Waals surface area contributed by atoms with Crippen LogP contribution in [0.3, 0.4) is 0 Å². The summed E-state index contributed by atoms with van der Waals surface area (Å²) in [5.41, 5.74) is 0.881. The summed E-state index contributed by atoms with van der Waals surface area (Å²) in [7, 11) is 0. The molecule has 1 unspecified atom stereocenters. The number of hydrogen-bond acceptors (Lipinski definition) is 2. The predicted octanol–water partition coefficient (Wildman–Crippen LogP) is 3.13. The van der Waals surface area contributed by atoms with Crippen molar-refractivity contribution < 1.29 is 5.11 Å². The maximum atomic E-state index is 9.37. The van der Waals surface area contributed by atoms with Gasteiger partial charge in [0.15, 0.2) is 0 Å². The zero-order valence-corrected chi connectivity index (χ0v) is 10.8. The lowest BCUT2D eigenvalue weighted by molar-refractivity contribution is 0.183. The van der Waals surface area contributed by atoms with Crippen molar-refractivity contribution in [3.63, 3.8) is 0 Å². The zero-order valence-electron chi connectivity index (χ0n) is 7.93. The van der Waals surface area contributed by atoms with Gasteiger partial charge in [-0.2, -0.15) is 0 Å². The molecule has 0 amide bonds. The van der Waals surface area contributed by atoms with Crippen LogP contribution in [0.25, 0.3) is 0 Å². The number of hydrogen-bond donors (Lipinski definition) is 2. The summed E-state index contributed by atoms with van der Waals surface area (Å²) in [6.07, 6.45) is 0.429. The van der Waals surface area contributed by atoms with E-state index in [0.29, 0.717) is 11.6 Å². The normalized spacial score (nSPS) is 12.6. The third-order valence-corrected chi connectivity index (χ3v) is 2.93. The Morgan fingerprint density at radius 1 is 1.57 bits per heavy atom. The summed E-state index contributed by atoms with van der Waals surface area (Å²) in [6.45, 7) is 2.49. The van der Waals surface area contributed by atoms with Gasteiger partial charge in [0.1, 0.15) is 0 Å². The monoisotopic (exact) mass is 325 g/mol. The molecule has 1 rings (SSSR count). The van der Waals surface area contributed by atoms with Crippen LogP contribution in [0.2, 0.25) is 5.02 Å². The number of rotatable bonds is 4. The smallest absolute Gasteiger partial charge is 0.0709 e. The minimum Gasteiger partial charge on any atom is -0.391 e. The van der Waals surface area contributed by atoms with Crippen molar-refractivity contribution in [1.29, 1.82) is 0 Å². The van der Waals surface area contributed by atoms with E-state index in [9.17, 15) is 5.11 Å². The topological polar surface area (TPSA) is 32.3 Å². The van der Waals surface area contributed by atoms with E-state index in [1.807, 2.05) is 25.1 Å². The lowest BCUT2D eigenvalue weighted by Crippen LogP contribution is -2.18. The van der Waals surface area contributed by atoms with Gasteiger partial charge in [-0.05, 0) is 47.2 Å². The molecule has 2 nitrogen and oxygen atoms in total. The first-order valence-corrected chi connectivity index (χ1v) is 5.96. The Balaban J connectivity index is 2.62. The summed E-state index contributed by atoms with van der Waals surface area (Å²) in [5, 5.41) is 13.2. The first kappa shape index (κ1) is 12.1. The van der Waals surface area contributed by atoms with E-state index >= 15 is 0 Å². The van der Waals surface area contributed by atoms with E-state index in [4.69, 9.17) is 11.6 Å². The predicted molar refractivity (Wildman–Crippen MR) is 69.0 cm³/mol. The summed E-state index contributed by atoms with van der Waals surface area (Å²) in [6, 6.07) is 5.76. The standard InChI is InChI=1S/C10H13ClINO/c1-2-8(14)6-13-10-5-7(12)3-4-9(10)11/h3-5,8,13-14H,2,6H2,1H3.